The van der Waals surface area contributed by atoms with Crippen molar-refractivity contribution in [2.75, 3.05) is 14.2 Å². The molecule has 1 rings (SSSR count). The first-order chi connectivity index (χ1) is 9.71. The Balaban J connectivity index is 2.46. The van der Waals surface area contributed by atoms with Crippen LogP contribution in [0.4, 0.5) is 0 Å². The van der Waals surface area contributed by atoms with Crippen molar-refractivity contribution >= 4 is 5.78 Å². The number of methoxy groups -OCH3 is 2. The molecule has 3 nitrogen and oxygen atoms in total. The second kappa shape index (κ2) is 9.40. The van der Waals surface area contributed by atoms with Gasteiger partial charge in [-0.1, -0.05) is 39.0 Å². The summed E-state index contributed by atoms with van der Waals surface area (Å²) in [7, 11) is 3.19. The maximum Gasteiger partial charge on any atom is 0.163 e. The molecule has 1 aromatic rings. The van der Waals surface area contributed by atoms with Gasteiger partial charge in [0.2, 0.25) is 0 Å². The molecule has 112 valence electrons. The highest BCUT2D eigenvalue weighted by atomic mass is 16.5. The minimum absolute atomic E-state index is 0.165. The van der Waals surface area contributed by atoms with Crippen molar-refractivity contribution in [3.05, 3.63) is 23.8 Å². The summed E-state index contributed by atoms with van der Waals surface area (Å²) in [6.07, 6.45) is 7.74. The summed E-state index contributed by atoms with van der Waals surface area (Å²) in [5.74, 6) is 1.49. The van der Waals surface area contributed by atoms with Crippen LogP contribution < -0.4 is 9.47 Å². The largest absolute Gasteiger partial charge is 0.497 e. The van der Waals surface area contributed by atoms with E-state index in [4.69, 9.17) is 9.47 Å². The molecule has 0 heterocycles. The summed E-state index contributed by atoms with van der Waals surface area (Å²) in [6.45, 7) is 2.21. The zero-order chi connectivity index (χ0) is 14.8. The third kappa shape index (κ3) is 5.64. The SMILES string of the molecule is CCCCCCCCC(=O)c1cc(OC)cc(OC)c1. The number of carbonyl (C=O) groups is 1. The average molecular weight is 278 g/mol. The minimum Gasteiger partial charge on any atom is -0.497 e. The molecule has 0 radical (unpaired) electrons. The van der Waals surface area contributed by atoms with Crippen LogP contribution in [0.1, 0.15) is 62.2 Å². The highest BCUT2D eigenvalue weighted by Gasteiger charge is 2.09. The van der Waals surface area contributed by atoms with Gasteiger partial charge in [0, 0.05) is 18.1 Å². The lowest BCUT2D eigenvalue weighted by Crippen LogP contribution is -2.00. The number of ketones is 1. The first-order valence-electron chi connectivity index (χ1n) is 7.47. The molecule has 0 unspecified atom stereocenters. The summed E-state index contributed by atoms with van der Waals surface area (Å²) in [5, 5.41) is 0. The van der Waals surface area contributed by atoms with E-state index in [1.807, 2.05) is 0 Å². The van der Waals surface area contributed by atoms with Crippen LogP contribution in [0.15, 0.2) is 18.2 Å². The van der Waals surface area contributed by atoms with Gasteiger partial charge in [-0.3, -0.25) is 4.79 Å². The van der Waals surface area contributed by atoms with Gasteiger partial charge in [-0.15, -0.1) is 0 Å². The van der Waals surface area contributed by atoms with Crippen molar-refractivity contribution in [3.8, 4) is 11.5 Å². The third-order valence-corrected chi connectivity index (χ3v) is 3.43. The fourth-order valence-corrected chi connectivity index (χ4v) is 2.18. The first kappa shape index (κ1) is 16.5. The van der Waals surface area contributed by atoms with Crippen molar-refractivity contribution in [1.29, 1.82) is 0 Å². The zero-order valence-electron chi connectivity index (χ0n) is 12.9. The van der Waals surface area contributed by atoms with Crippen molar-refractivity contribution in [1.82, 2.24) is 0 Å². The molecule has 0 aliphatic carbocycles. The molecule has 0 amide bonds. The first-order valence-corrected chi connectivity index (χ1v) is 7.47. The van der Waals surface area contributed by atoms with E-state index in [0.717, 1.165) is 12.8 Å². The number of benzene rings is 1. The van der Waals surface area contributed by atoms with E-state index in [9.17, 15) is 4.79 Å². The molecule has 0 bridgehead atoms. The highest BCUT2D eigenvalue weighted by molar-refractivity contribution is 5.96. The molecule has 20 heavy (non-hydrogen) atoms. The van der Waals surface area contributed by atoms with Gasteiger partial charge in [0.25, 0.3) is 0 Å². The molecule has 0 aliphatic heterocycles. The smallest absolute Gasteiger partial charge is 0.163 e. The van der Waals surface area contributed by atoms with Gasteiger partial charge in [0.1, 0.15) is 11.5 Å². The van der Waals surface area contributed by atoms with Crippen LogP contribution >= 0.6 is 0 Å². The van der Waals surface area contributed by atoms with Crippen LogP contribution in [0.5, 0.6) is 11.5 Å². The van der Waals surface area contributed by atoms with Gasteiger partial charge in [-0.25, -0.2) is 0 Å². The zero-order valence-corrected chi connectivity index (χ0v) is 12.9. The predicted octanol–water partition coefficient (Wildman–Crippen LogP) is 4.64. The molecule has 0 saturated carbocycles. The number of carbonyl (C=O) groups excluding carboxylic acids is 1. The number of rotatable bonds is 10. The van der Waals surface area contributed by atoms with Gasteiger partial charge in [0.05, 0.1) is 14.2 Å². The number of hydrogen-bond donors (Lipinski definition) is 0. The Morgan fingerprint density at radius 3 is 2.00 bits per heavy atom. The Labute approximate surface area is 122 Å². The lowest BCUT2D eigenvalue weighted by atomic mass is 10.0. The standard InChI is InChI=1S/C17H26O3/c1-4-5-6-7-8-9-10-17(18)14-11-15(19-2)13-16(12-14)20-3/h11-13H,4-10H2,1-3H3. The topological polar surface area (TPSA) is 35.5 Å². The molecule has 0 atom stereocenters. The quantitative estimate of drug-likeness (QED) is 0.462. The van der Waals surface area contributed by atoms with Crippen LogP contribution in [0, 0.1) is 0 Å². The molecule has 0 spiro atoms. The summed E-state index contributed by atoms with van der Waals surface area (Å²) in [5.41, 5.74) is 0.676. The van der Waals surface area contributed by atoms with Gasteiger partial charge in [-0.2, -0.15) is 0 Å². The summed E-state index contributed by atoms with van der Waals surface area (Å²) < 4.78 is 10.4. The Bertz CT molecular complexity index is 390. The summed E-state index contributed by atoms with van der Waals surface area (Å²) in [4.78, 5) is 12.2. The van der Waals surface area contributed by atoms with Crippen molar-refractivity contribution in [3.63, 3.8) is 0 Å². The number of Topliss-reactive ketones (excluding diaryl/α,β-unsaturated/α-hetero) is 1. The van der Waals surface area contributed by atoms with Gasteiger partial charge < -0.3 is 9.47 Å². The Morgan fingerprint density at radius 2 is 1.45 bits per heavy atom. The van der Waals surface area contributed by atoms with Gasteiger partial charge in [-0.05, 0) is 18.6 Å². The van der Waals surface area contributed by atoms with E-state index in [1.165, 1.54) is 25.7 Å². The van der Waals surface area contributed by atoms with E-state index in [2.05, 4.69) is 6.92 Å². The molecular weight excluding hydrogens is 252 g/mol. The lowest BCUT2D eigenvalue weighted by molar-refractivity contribution is 0.0978. The monoisotopic (exact) mass is 278 g/mol. The van der Waals surface area contributed by atoms with Crippen molar-refractivity contribution < 1.29 is 14.3 Å². The molecule has 0 N–H and O–H groups in total. The lowest BCUT2D eigenvalue weighted by Gasteiger charge is -2.08. The summed E-state index contributed by atoms with van der Waals surface area (Å²) in [6, 6.07) is 5.34. The van der Waals surface area contributed by atoms with E-state index in [0.29, 0.717) is 23.5 Å². The molecule has 1 aromatic carbocycles. The van der Waals surface area contributed by atoms with Gasteiger partial charge in [0.15, 0.2) is 5.78 Å². The maximum atomic E-state index is 12.2. The molecule has 0 saturated heterocycles. The fourth-order valence-electron chi connectivity index (χ4n) is 2.18. The van der Waals surface area contributed by atoms with Crippen LogP contribution in [0.3, 0.4) is 0 Å². The number of hydrogen-bond acceptors (Lipinski definition) is 3. The van der Waals surface area contributed by atoms with E-state index >= 15 is 0 Å². The van der Waals surface area contributed by atoms with Crippen LogP contribution in [0.25, 0.3) is 0 Å². The average Bonchev–Trinajstić information content (AvgIpc) is 2.49. The molecule has 3 heteroatoms. The van der Waals surface area contributed by atoms with E-state index < -0.39 is 0 Å². The van der Waals surface area contributed by atoms with Gasteiger partial charge >= 0.3 is 0 Å². The van der Waals surface area contributed by atoms with E-state index in [-0.39, 0.29) is 5.78 Å². The van der Waals surface area contributed by atoms with Crippen LogP contribution in [0.2, 0.25) is 0 Å². The highest BCUT2D eigenvalue weighted by Crippen LogP contribution is 2.23. The second-order valence-electron chi connectivity index (χ2n) is 5.04. The van der Waals surface area contributed by atoms with Crippen LogP contribution in [-0.2, 0) is 0 Å². The molecular formula is C17H26O3. The number of ether oxygens (including phenoxy) is 2. The molecule has 0 aliphatic rings. The second-order valence-corrected chi connectivity index (χ2v) is 5.04. The minimum atomic E-state index is 0.165. The Kier molecular flexibility index (Phi) is 7.78. The fraction of sp³-hybridized carbons (Fsp3) is 0.588. The van der Waals surface area contributed by atoms with Crippen LogP contribution in [-0.4, -0.2) is 20.0 Å². The Hall–Kier alpha value is -1.51. The predicted molar refractivity (Wildman–Crippen MR) is 81.9 cm³/mol. The third-order valence-electron chi connectivity index (χ3n) is 3.43. The maximum absolute atomic E-state index is 12.2. The van der Waals surface area contributed by atoms with Crippen molar-refractivity contribution in [2.24, 2.45) is 0 Å². The van der Waals surface area contributed by atoms with E-state index in [1.54, 1.807) is 32.4 Å². The summed E-state index contributed by atoms with van der Waals surface area (Å²) >= 11 is 0. The molecule has 0 fully saturated rings. The number of unbranched alkanes of at least 4 members (excludes halogenated alkanes) is 5. The van der Waals surface area contributed by atoms with Crippen molar-refractivity contribution in [2.45, 2.75) is 51.9 Å². The normalized spacial score (nSPS) is 10.3. The molecule has 0 aromatic heterocycles. The Morgan fingerprint density at radius 1 is 0.900 bits per heavy atom.